The maximum Gasteiger partial charge on any atom is 0.236 e. The van der Waals surface area contributed by atoms with Crippen molar-refractivity contribution < 1.29 is 9.69 Å². The first-order valence-corrected chi connectivity index (χ1v) is 8.30. The monoisotopic (exact) mass is 333 g/mol. The highest BCUT2D eigenvalue weighted by atomic mass is 35.5. The molecule has 0 aliphatic carbocycles. The van der Waals surface area contributed by atoms with Crippen molar-refractivity contribution in [1.82, 2.24) is 4.90 Å². The van der Waals surface area contributed by atoms with Crippen molar-refractivity contribution in [3.8, 4) is 0 Å². The van der Waals surface area contributed by atoms with Crippen molar-refractivity contribution in [2.75, 3.05) is 27.2 Å². The van der Waals surface area contributed by atoms with Crippen LogP contribution in [0.15, 0.2) is 18.2 Å². The molecule has 0 bridgehead atoms. The molecule has 1 fully saturated rings. The Kier molecular flexibility index (Phi) is 5.24. The average Bonchev–Trinajstić information content (AvgIpc) is 2.67. The van der Waals surface area contributed by atoms with Crippen LogP contribution in [0.1, 0.15) is 17.9 Å². The lowest BCUT2D eigenvalue weighted by molar-refractivity contribution is -0.857. The van der Waals surface area contributed by atoms with Crippen molar-refractivity contribution in [3.63, 3.8) is 0 Å². The molecule has 20 heavy (non-hydrogen) atoms. The fourth-order valence-corrected chi connectivity index (χ4v) is 3.78. The van der Waals surface area contributed by atoms with Gasteiger partial charge in [0.15, 0.2) is 0 Å². The first kappa shape index (κ1) is 16.0. The zero-order valence-corrected chi connectivity index (χ0v) is 14.1. The van der Waals surface area contributed by atoms with Crippen LogP contribution in [0.5, 0.6) is 0 Å². The third-order valence-corrected chi connectivity index (χ3v) is 5.46. The van der Waals surface area contributed by atoms with E-state index in [1.54, 1.807) is 17.8 Å². The highest BCUT2D eigenvalue weighted by Gasteiger charge is 2.38. The van der Waals surface area contributed by atoms with E-state index >= 15 is 0 Å². The Morgan fingerprint density at radius 1 is 1.30 bits per heavy atom. The summed E-state index contributed by atoms with van der Waals surface area (Å²) in [6, 6.07) is 5.61. The molecule has 0 spiro atoms. The highest BCUT2D eigenvalue weighted by Crippen LogP contribution is 2.43. The van der Waals surface area contributed by atoms with E-state index in [2.05, 4.69) is 14.1 Å². The van der Waals surface area contributed by atoms with Crippen LogP contribution in [-0.4, -0.2) is 43.2 Å². The second-order valence-electron chi connectivity index (χ2n) is 5.29. The molecule has 1 heterocycles. The number of hydrogen-bond acceptors (Lipinski definition) is 2. The number of carbonyl (C=O) groups excluding carboxylic acids is 1. The van der Waals surface area contributed by atoms with Gasteiger partial charge in [0.25, 0.3) is 0 Å². The van der Waals surface area contributed by atoms with E-state index in [0.717, 1.165) is 18.7 Å². The number of quaternary nitrogens is 1. The van der Waals surface area contributed by atoms with Crippen molar-refractivity contribution in [2.24, 2.45) is 0 Å². The summed E-state index contributed by atoms with van der Waals surface area (Å²) in [5.41, 5.74) is 1.04. The summed E-state index contributed by atoms with van der Waals surface area (Å²) in [6.07, 6.45) is 0. The first-order chi connectivity index (χ1) is 9.40. The van der Waals surface area contributed by atoms with E-state index in [-0.39, 0.29) is 16.5 Å². The smallest absolute Gasteiger partial charge is 0.236 e. The zero-order chi connectivity index (χ0) is 14.9. The molecule has 110 valence electrons. The van der Waals surface area contributed by atoms with Crippen molar-refractivity contribution >= 4 is 40.9 Å². The van der Waals surface area contributed by atoms with Crippen LogP contribution >= 0.6 is 35.0 Å². The van der Waals surface area contributed by atoms with E-state index in [4.69, 9.17) is 23.2 Å². The largest absolute Gasteiger partial charge is 0.338 e. The lowest BCUT2D eigenvalue weighted by atomic mass is 10.2. The van der Waals surface area contributed by atoms with Crippen LogP contribution in [0, 0.1) is 0 Å². The van der Waals surface area contributed by atoms with Crippen LogP contribution in [0.4, 0.5) is 0 Å². The SMILES string of the molecule is C[C@H]1S[C@@H](c2ccc(Cl)c(Cl)c2)N(CC[NH+](C)C)C1=O. The lowest BCUT2D eigenvalue weighted by Crippen LogP contribution is -3.06. The zero-order valence-electron chi connectivity index (χ0n) is 11.8. The fraction of sp³-hybridized carbons (Fsp3) is 0.500. The summed E-state index contributed by atoms with van der Waals surface area (Å²) >= 11 is 13.7. The number of benzene rings is 1. The molecular weight excluding hydrogens is 315 g/mol. The molecule has 1 aromatic rings. The van der Waals surface area contributed by atoms with Crippen LogP contribution in [0.25, 0.3) is 0 Å². The number of nitrogens with one attached hydrogen (secondary N) is 1. The van der Waals surface area contributed by atoms with Crippen LogP contribution in [0.2, 0.25) is 10.0 Å². The molecule has 2 atom stereocenters. The molecule has 1 aliphatic heterocycles. The third kappa shape index (κ3) is 3.42. The summed E-state index contributed by atoms with van der Waals surface area (Å²) in [6.45, 7) is 3.64. The maximum atomic E-state index is 12.3. The molecule has 1 amide bonds. The Balaban J connectivity index is 2.23. The Hall–Kier alpha value is -0.420. The van der Waals surface area contributed by atoms with Gasteiger partial charge < -0.3 is 9.80 Å². The highest BCUT2D eigenvalue weighted by molar-refractivity contribution is 8.01. The van der Waals surface area contributed by atoms with E-state index in [0.29, 0.717) is 10.0 Å². The second-order valence-corrected chi connectivity index (χ2v) is 7.53. The molecule has 0 saturated carbocycles. The van der Waals surface area contributed by atoms with E-state index in [1.165, 1.54) is 4.90 Å². The van der Waals surface area contributed by atoms with Gasteiger partial charge in [-0.25, -0.2) is 0 Å². The van der Waals surface area contributed by atoms with E-state index < -0.39 is 0 Å². The van der Waals surface area contributed by atoms with Gasteiger partial charge in [-0.3, -0.25) is 4.79 Å². The number of amides is 1. The Labute approximate surface area is 134 Å². The minimum Gasteiger partial charge on any atom is -0.338 e. The van der Waals surface area contributed by atoms with E-state index in [9.17, 15) is 4.79 Å². The second kappa shape index (κ2) is 6.56. The Morgan fingerprint density at radius 3 is 2.60 bits per heavy atom. The molecule has 1 aromatic carbocycles. The average molecular weight is 334 g/mol. The first-order valence-electron chi connectivity index (χ1n) is 6.60. The molecule has 6 heteroatoms. The van der Waals surface area contributed by atoms with Crippen molar-refractivity contribution in [3.05, 3.63) is 33.8 Å². The predicted octanol–water partition coefficient (Wildman–Crippen LogP) is 2.10. The number of halogens is 2. The van der Waals surface area contributed by atoms with Gasteiger partial charge in [0.2, 0.25) is 5.91 Å². The normalized spacial score (nSPS) is 22.9. The van der Waals surface area contributed by atoms with Crippen molar-refractivity contribution in [2.45, 2.75) is 17.5 Å². The molecule has 0 aromatic heterocycles. The summed E-state index contributed by atoms with van der Waals surface area (Å²) in [7, 11) is 4.18. The molecular formula is C14H19Cl2N2OS+. The molecule has 1 aliphatic rings. The lowest BCUT2D eigenvalue weighted by Gasteiger charge is -2.24. The van der Waals surface area contributed by atoms with Gasteiger partial charge in [0.05, 0.1) is 42.5 Å². The topological polar surface area (TPSA) is 24.8 Å². The summed E-state index contributed by atoms with van der Waals surface area (Å²) < 4.78 is 0. The molecule has 0 unspecified atom stereocenters. The van der Waals surface area contributed by atoms with Gasteiger partial charge in [-0.15, -0.1) is 11.8 Å². The summed E-state index contributed by atoms with van der Waals surface area (Å²) in [5, 5.41) is 1.11. The molecule has 2 rings (SSSR count). The number of likely N-dealkylation sites (N-methyl/N-ethyl adjacent to an activating group) is 1. The predicted molar refractivity (Wildman–Crippen MR) is 85.6 cm³/mol. The van der Waals surface area contributed by atoms with Crippen molar-refractivity contribution in [1.29, 1.82) is 0 Å². The van der Waals surface area contributed by atoms with Gasteiger partial charge >= 0.3 is 0 Å². The maximum absolute atomic E-state index is 12.3. The number of rotatable bonds is 4. The van der Waals surface area contributed by atoms with Gasteiger partial charge in [-0.05, 0) is 24.6 Å². The quantitative estimate of drug-likeness (QED) is 0.912. The minimum atomic E-state index is -0.00776. The summed E-state index contributed by atoms with van der Waals surface area (Å²) in [5.74, 6) is 0.201. The summed E-state index contributed by atoms with van der Waals surface area (Å²) in [4.78, 5) is 15.6. The molecule has 1 N–H and O–H groups in total. The molecule has 1 saturated heterocycles. The number of thioether (sulfide) groups is 1. The number of nitrogens with zero attached hydrogens (tertiary/aromatic N) is 1. The Bertz CT molecular complexity index is 510. The molecule has 3 nitrogen and oxygen atoms in total. The van der Waals surface area contributed by atoms with Crippen LogP contribution in [-0.2, 0) is 4.79 Å². The number of hydrogen-bond donors (Lipinski definition) is 1. The minimum absolute atomic E-state index is 0.00776. The fourth-order valence-electron chi connectivity index (χ4n) is 2.17. The standard InChI is InChI=1S/C14H18Cl2N2OS/c1-9-13(19)18(7-6-17(2)3)14(20-9)10-4-5-11(15)12(16)8-10/h4-5,8-9,14H,6-7H2,1-3H3/p+1/t9-,14+/m1/s1. The van der Waals surface area contributed by atoms with Crippen LogP contribution < -0.4 is 4.90 Å². The number of carbonyl (C=O) groups is 1. The third-order valence-electron chi connectivity index (χ3n) is 3.33. The molecule has 0 radical (unpaired) electrons. The van der Waals surface area contributed by atoms with E-state index in [1.807, 2.05) is 24.0 Å². The van der Waals surface area contributed by atoms with Crippen LogP contribution in [0.3, 0.4) is 0 Å². The van der Waals surface area contributed by atoms with Gasteiger partial charge in [-0.1, -0.05) is 29.3 Å². The van der Waals surface area contributed by atoms with Gasteiger partial charge in [0, 0.05) is 0 Å². The van der Waals surface area contributed by atoms with Gasteiger partial charge in [0.1, 0.15) is 5.37 Å². The Morgan fingerprint density at radius 2 is 2.00 bits per heavy atom. The van der Waals surface area contributed by atoms with Gasteiger partial charge in [-0.2, -0.15) is 0 Å².